The summed E-state index contributed by atoms with van der Waals surface area (Å²) in [5.74, 6) is 1.43. The number of likely N-dealkylation sites (tertiary alicyclic amines) is 1. The van der Waals surface area contributed by atoms with Gasteiger partial charge in [-0.3, -0.25) is 4.79 Å². The molecule has 0 radical (unpaired) electrons. The van der Waals surface area contributed by atoms with Crippen LogP contribution in [0.3, 0.4) is 0 Å². The number of carbonyl (C=O) groups is 1. The third-order valence-electron chi connectivity index (χ3n) is 4.61. The molecule has 2 aromatic rings. The predicted molar refractivity (Wildman–Crippen MR) is 94.8 cm³/mol. The number of aliphatic hydroxyl groups is 1. The second-order valence-electron chi connectivity index (χ2n) is 6.22. The van der Waals surface area contributed by atoms with Crippen LogP contribution >= 0.6 is 0 Å². The van der Waals surface area contributed by atoms with Crippen LogP contribution in [0.4, 0.5) is 0 Å². The van der Waals surface area contributed by atoms with Crippen molar-refractivity contribution in [2.45, 2.75) is 25.0 Å². The van der Waals surface area contributed by atoms with Gasteiger partial charge in [0, 0.05) is 12.1 Å². The number of β-amino-alcohol motifs (C(OH)–C–C–N with tert-alkyl or cyclic N) is 1. The minimum absolute atomic E-state index is 0.0196. The molecule has 5 heteroatoms. The Morgan fingerprint density at radius 2 is 1.96 bits per heavy atom. The van der Waals surface area contributed by atoms with Crippen LogP contribution in [0, 0.1) is 0 Å². The first-order chi connectivity index (χ1) is 12.1. The van der Waals surface area contributed by atoms with Crippen LogP contribution in [-0.2, 0) is 11.2 Å². The van der Waals surface area contributed by atoms with E-state index in [1.54, 1.807) is 19.1 Å². The van der Waals surface area contributed by atoms with Gasteiger partial charge < -0.3 is 19.5 Å². The van der Waals surface area contributed by atoms with Crippen LogP contribution in [0.5, 0.6) is 11.5 Å². The molecule has 1 aliphatic heterocycles. The van der Waals surface area contributed by atoms with Crippen molar-refractivity contribution in [3.63, 3.8) is 0 Å². The van der Waals surface area contributed by atoms with Crippen LogP contribution in [0.2, 0.25) is 0 Å². The van der Waals surface area contributed by atoms with Gasteiger partial charge in [-0.15, -0.1) is 0 Å². The summed E-state index contributed by atoms with van der Waals surface area (Å²) in [6, 6.07) is 15.0. The summed E-state index contributed by atoms with van der Waals surface area (Å²) in [4.78, 5) is 14.7. The molecule has 0 spiro atoms. The minimum atomic E-state index is -0.516. The van der Waals surface area contributed by atoms with Gasteiger partial charge in [0.15, 0.2) is 0 Å². The largest absolute Gasteiger partial charge is 0.497 e. The number of benzene rings is 2. The zero-order valence-corrected chi connectivity index (χ0v) is 14.5. The topological polar surface area (TPSA) is 59.0 Å². The van der Waals surface area contributed by atoms with Gasteiger partial charge in [-0.1, -0.05) is 30.3 Å². The molecule has 5 nitrogen and oxygen atoms in total. The van der Waals surface area contributed by atoms with Crippen molar-refractivity contribution in [3.8, 4) is 11.5 Å². The van der Waals surface area contributed by atoms with E-state index < -0.39 is 6.10 Å². The third kappa shape index (κ3) is 3.77. The number of aliphatic hydroxyl groups excluding tert-OH is 1. The number of carbonyl (C=O) groups excluding carboxylic acids is 1. The van der Waals surface area contributed by atoms with Crippen LogP contribution < -0.4 is 9.47 Å². The molecule has 0 aliphatic carbocycles. The molecule has 0 bridgehead atoms. The van der Waals surface area contributed by atoms with E-state index >= 15 is 0 Å². The molecule has 0 aromatic heterocycles. The van der Waals surface area contributed by atoms with Crippen molar-refractivity contribution in [1.29, 1.82) is 0 Å². The Morgan fingerprint density at radius 1 is 1.16 bits per heavy atom. The molecular weight excluding hydrogens is 318 g/mol. The lowest BCUT2D eigenvalue weighted by Crippen LogP contribution is -2.33. The van der Waals surface area contributed by atoms with Gasteiger partial charge in [0.1, 0.15) is 11.5 Å². The molecule has 1 aliphatic rings. The van der Waals surface area contributed by atoms with Gasteiger partial charge in [0.05, 0.1) is 32.8 Å². The van der Waals surface area contributed by atoms with E-state index in [4.69, 9.17) is 9.47 Å². The Kier molecular flexibility index (Phi) is 5.24. The van der Waals surface area contributed by atoms with Crippen LogP contribution in [0.15, 0.2) is 48.5 Å². The number of ether oxygens (including phenoxy) is 2. The Hall–Kier alpha value is -2.53. The summed E-state index contributed by atoms with van der Waals surface area (Å²) in [5.41, 5.74) is 1.82. The molecule has 25 heavy (non-hydrogen) atoms. The monoisotopic (exact) mass is 341 g/mol. The standard InChI is InChI=1S/C20H23NO4/c1-24-17-8-5-7-14(10-17)18-12-16(22)13-21(18)20(23)11-15-6-3-4-9-19(15)25-2/h3-10,16,18,22H,11-13H2,1-2H3. The van der Waals surface area contributed by atoms with Crippen molar-refractivity contribution >= 4 is 5.91 Å². The Balaban J connectivity index is 1.82. The van der Waals surface area contributed by atoms with Crippen molar-refractivity contribution in [2.75, 3.05) is 20.8 Å². The second-order valence-corrected chi connectivity index (χ2v) is 6.22. The summed E-state index contributed by atoms with van der Waals surface area (Å²) in [6.07, 6.45) is 0.264. The van der Waals surface area contributed by atoms with Crippen LogP contribution in [-0.4, -0.2) is 42.8 Å². The minimum Gasteiger partial charge on any atom is -0.497 e. The normalized spacial score (nSPS) is 19.7. The fourth-order valence-corrected chi connectivity index (χ4v) is 3.37. The van der Waals surface area contributed by atoms with E-state index in [-0.39, 0.29) is 18.4 Å². The molecule has 132 valence electrons. The highest BCUT2D eigenvalue weighted by atomic mass is 16.5. The first kappa shape index (κ1) is 17.3. The van der Waals surface area contributed by atoms with Crippen molar-refractivity contribution in [1.82, 2.24) is 4.90 Å². The van der Waals surface area contributed by atoms with Crippen molar-refractivity contribution in [2.24, 2.45) is 0 Å². The number of methoxy groups -OCH3 is 2. The third-order valence-corrected chi connectivity index (χ3v) is 4.61. The van der Waals surface area contributed by atoms with Crippen LogP contribution in [0.25, 0.3) is 0 Å². The van der Waals surface area contributed by atoms with Gasteiger partial charge in [-0.2, -0.15) is 0 Å². The quantitative estimate of drug-likeness (QED) is 0.908. The van der Waals surface area contributed by atoms with E-state index in [2.05, 4.69) is 0 Å². The van der Waals surface area contributed by atoms with Crippen LogP contribution in [0.1, 0.15) is 23.6 Å². The van der Waals surface area contributed by atoms with E-state index in [9.17, 15) is 9.90 Å². The molecule has 0 saturated carbocycles. The highest BCUT2D eigenvalue weighted by Crippen LogP contribution is 2.34. The molecule has 1 fully saturated rings. The Bertz CT molecular complexity index is 746. The van der Waals surface area contributed by atoms with Gasteiger partial charge >= 0.3 is 0 Å². The number of hydrogen-bond acceptors (Lipinski definition) is 4. The summed E-state index contributed by atoms with van der Waals surface area (Å²) in [5, 5.41) is 10.1. The number of para-hydroxylation sites is 1. The summed E-state index contributed by atoms with van der Waals surface area (Å²) < 4.78 is 10.6. The highest BCUT2D eigenvalue weighted by molar-refractivity contribution is 5.80. The first-order valence-corrected chi connectivity index (χ1v) is 8.35. The van der Waals surface area contributed by atoms with Crippen molar-refractivity contribution in [3.05, 3.63) is 59.7 Å². The number of hydrogen-bond donors (Lipinski definition) is 1. The lowest BCUT2D eigenvalue weighted by Gasteiger charge is -2.25. The average molecular weight is 341 g/mol. The SMILES string of the molecule is COc1cccc(C2CC(O)CN2C(=O)Cc2ccccc2OC)c1. The van der Waals surface area contributed by atoms with Gasteiger partial charge in [0.25, 0.3) is 0 Å². The fraction of sp³-hybridized carbons (Fsp3) is 0.350. The summed E-state index contributed by atoms with van der Waals surface area (Å²) in [6.45, 7) is 0.343. The fourth-order valence-electron chi connectivity index (χ4n) is 3.37. The van der Waals surface area contributed by atoms with E-state index in [0.717, 1.165) is 16.9 Å². The van der Waals surface area contributed by atoms with Gasteiger partial charge in [-0.25, -0.2) is 0 Å². The maximum atomic E-state index is 12.9. The molecule has 1 heterocycles. The van der Waals surface area contributed by atoms with Gasteiger partial charge in [0.2, 0.25) is 5.91 Å². The molecular formula is C20H23NO4. The zero-order valence-electron chi connectivity index (χ0n) is 14.5. The summed E-state index contributed by atoms with van der Waals surface area (Å²) >= 11 is 0. The molecule has 1 amide bonds. The van der Waals surface area contributed by atoms with E-state index in [1.165, 1.54) is 0 Å². The van der Waals surface area contributed by atoms with Crippen molar-refractivity contribution < 1.29 is 19.4 Å². The predicted octanol–water partition coefficient (Wildman–Crippen LogP) is 2.58. The Morgan fingerprint density at radius 3 is 2.72 bits per heavy atom. The average Bonchev–Trinajstić information content (AvgIpc) is 3.04. The first-order valence-electron chi connectivity index (χ1n) is 8.35. The zero-order chi connectivity index (χ0) is 17.8. The molecule has 1 N–H and O–H groups in total. The van der Waals surface area contributed by atoms with E-state index in [1.807, 2.05) is 48.5 Å². The highest BCUT2D eigenvalue weighted by Gasteiger charge is 2.35. The lowest BCUT2D eigenvalue weighted by atomic mass is 10.0. The lowest BCUT2D eigenvalue weighted by molar-refractivity contribution is -0.131. The molecule has 2 aromatic carbocycles. The smallest absolute Gasteiger partial charge is 0.227 e. The van der Waals surface area contributed by atoms with Gasteiger partial charge in [-0.05, 0) is 30.2 Å². The number of amides is 1. The molecule has 3 rings (SSSR count). The number of nitrogens with zero attached hydrogens (tertiary/aromatic N) is 1. The van der Waals surface area contributed by atoms with E-state index in [0.29, 0.717) is 18.7 Å². The maximum Gasteiger partial charge on any atom is 0.227 e. The molecule has 1 saturated heterocycles. The molecule has 2 atom stereocenters. The Labute approximate surface area is 147 Å². The summed E-state index contributed by atoms with van der Waals surface area (Å²) in [7, 11) is 3.22. The second kappa shape index (κ2) is 7.57. The number of rotatable bonds is 5. The maximum absolute atomic E-state index is 12.9. The molecule has 2 unspecified atom stereocenters.